The van der Waals surface area contributed by atoms with Crippen molar-refractivity contribution in [3.63, 3.8) is 0 Å². The number of nitrogens with one attached hydrogen (secondary N) is 3. The maximum absolute atomic E-state index is 12.1. The van der Waals surface area contributed by atoms with Crippen molar-refractivity contribution in [1.29, 1.82) is 0 Å². The Bertz CT molecular complexity index is 646. The van der Waals surface area contributed by atoms with E-state index in [2.05, 4.69) is 20.1 Å². The lowest BCUT2D eigenvalue weighted by Crippen LogP contribution is -2.30. The van der Waals surface area contributed by atoms with Gasteiger partial charge in [-0.3, -0.25) is 9.59 Å². The number of esters is 1. The first-order valence-corrected chi connectivity index (χ1v) is 8.48. The van der Waals surface area contributed by atoms with Crippen LogP contribution in [0.4, 0.5) is 5.69 Å². The number of sulfonamides is 1. The summed E-state index contributed by atoms with van der Waals surface area (Å²) in [5.74, 6) is -0.889. The smallest absolute Gasteiger partial charge is 0.320 e. The first-order chi connectivity index (χ1) is 10.9. The zero-order chi connectivity index (χ0) is 17.3. The van der Waals surface area contributed by atoms with Gasteiger partial charge < -0.3 is 15.4 Å². The maximum Gasteiger partial charge on any atom is 0.320 e. The number of amides is 1. The molecule has 0 bridgehead atoms. The molecule has 0 saturated carbocycles. The van der Waals surface area contributed by atoms with E-state index in [0.29, 0.717) is 18.5 Å². The Hall–Kier alpha value is -1.97. The summed E-state index contributed by atoms with van der Waals surface area (Å²) < 4.78 is 30.6. The van der Waals surface area contributed by atoms with Crippen LogP contribution in [-0.4, -0.2) is 47.5 Å². The summed E-state index contributed by atoms with van der Waals surface area (Å²) >= 11 is 0. The van der Waals surface area contributed by atoms with Gasteiger partial charge in [0.25, 0.3) is 0 Å². The lowest BCUT2D eigenvalue weighted by Gasteiger charge is -2.09. The van der Waals surface area contributed by atoms with E-state index in [9.17, 15) is 18.0 Å². The molecule has 3 N–H and O–H groups in total. The van der Waals surface area contributed by atoms with Gasteiger partial charge in [-0.1, -0.05) is 6.07 Å². The van der Waals surface area contributed by atoms with Crippen LogP contribution in [0.2, 0.25) is 0 Å². The predicted octanol–water partition coefficient (Wildman–Crippen LogP) is 0.0760. The highest BCUT2D eigenvalue weighted by Crippen LogP contribution is 2.15. The molecule has 0 aliphatic rings. The second kappa shape index (κ2) is 9.23. The summed E-state index contributed by atoms with van der Waals surface area (Å²) in [5.41, 5.74) is 0.375. The standard InChI is InChI=1S/C14H21N3O5S/c1-15-8-4-7-13(18)17-11-5-3-6-12(9-11)23(20,21)16-10-14(19)22-2/h3,5-6,9,15-16H,4,7-8,10H2,1-2H3,(H,17,18). The molecule has 23 heavy (non-hydrogen) atoms. The van der Waals surface area contributed by atoms with Crippen LogP contribution < -0.4 is 15.4 Å². The van der Waals surface area contributed by atoms with Crippen LogP contribution in [0.3, 0.4) is 0 Å². The fourth-order valence-corrected chi connectivity index (χ4v) is 2.71. The Morgan fingerprint density at radius 1 is 1.26 bits per heavy atom. The summed E-state index contributed by atoms with van der Waals surface area (Å²) in [7, 11) is -0.890. The van der Waals surface area contributed by atoms with Gasteiger partial charge in [0.05, 0.1) is 12.0 Å². The number of carbonyl (C=O) groups excluding carboxylic acids is 2. The van der Waals surface area contributed by atoms with E-state index in [0.717, 1.165) is 6.54 Å². The zero-order valence-corrected chi connectivity index (χ0v) is 13.9. The molecule has 9 heteroatoms. The van der Waals surface area contributed by atoms with Gasteiger partial charge in [-0.25, -0.2) is 8.42 Å². The molecule has 0 saturated heterocycles. The average molecular weight is 343 g/mol. The van der Waals surface area contributed by atoms with Crippen LogP contribution in [0.15, 0.2) is 29.2 Å². The van der Waals surface area contributed by atoms with Crippen LogP contribution in [-0.2, 0) is 24.3 Å². The molecule has 0 spiro atoms. The highest BCUT2D eigenvalue weighted by atomic mass is 32.2. The third-order valence-corrected chi connectivity index (χ3v) is 4.29. The van der Waals surface area contributed by atoms with Crippen molar-refractivity contribution in [2.45, 2.75) is 17.7 Å². The van der Waals surface area contributed by atoms with Crippen molar-refractivity contribution in [3.05, 3.63) is 24.3 Å². The Kier molecular flexibility index (Phi) is 7.66. The number of anilines is 1. The number of carbonyl (C=O) groups is 2. The molecule has 0 unspecified atom stereocenters. The van der Waals surface area contributed by atoms with Gasteiger partial charge in [-0.15, -0.1) is 0 Å². The Balaban J connectivity index is 2.72. The molecular formula is C14H21N3O5S. The van der Waals surface area contributed by atoms with Crippen molar-refractivity contribution in [1.82, 2.24) is 10.0 Å². The molecule has 0 radical (unpaired) electrons. The van der Waals surface area contributed by atoms with Gasteiger partial charge in [0.1, 0.15) is 6.54 Å². The van der Waals surface area contributed by atoms with E-state index < -0.39 is 22.5 Å². The van der Waals surface area contributed by atoms with Crippen LogP contribution >= 0.6 is 0 Å². The van der Waals surface area contributed by atoms with E-state index in [4.69, 9.17) is 0 Å². The van der Waals surface area contributed by atoms with Crippen LogP contribution in [0.1, 0.15) is 12.8 Å². The second-order valence-electron chi connectivity index (χ2n) is 4.68. The molecule has 1 amide bonds. The highest BCUT2D eigenvalue weighted by molar-refractivity contribution is 7.89. The molecular weight excluding hydrogens is 322 g/mol. The monoisotopic (exact) mass is 343 g/mol. The number of hydrogen-bond acceptors (Lipinski definition) is 6. The van der Waals surface area contributed by atoms with Crippen LogP contribution in [0, 0.1) is 0 Å². The van der Waals surface area contributed by atoms with Crippen molar-refractivity contribution < 1.29 is 22.7 Å². The zero-order valence-electron chi connectivity index (χ0n) is 13.1. The number of methoxy groups -OCH3 is 1. The van der Waals surface area contributed by atoms with Gasteiger partial charge in [0.15, 0.2) is 0 Å². The lowest BCUT2D eigenvalue weighted by atomic mass is 10.2. The van der Waals surface area contributed by atoms with Crippen LogP contribution in [0.25, 0.3) is 0 Å². The Morgan fingerprint density at radius 2 is 2.00 bits per heavy atom. The molecule has 1 rings (SSSR count). The minimum absolute atomic E-state index is 0.0468. The van der Waals surface area contributed by atoms with E-state index in [1.165, 1.54) is 25.3 Å². The van der Waals surface area contributed by atoms with Gasteiger partial charge in [0, 0.05) is 12.1 Å². The number of ether oxygens (including phenoxy) is 1. The van der Waals surface area contributed by atoms with Crippen molar-refractivity contribution >= 4 is 27.6 Å². The highest BCUT2D eigenvalue weighted by Gasteiger charge is 2.16. The van der Waals surface area contributed by atoms with E-state index in [-0.39, 0.29) is 10.8 Å². The first kappa shape index (κ1) is 19.1. The van der Waals surface area contributed by atoms with Crippen LogP contribution in [0.5, 0.6) is 0 Å². The fraction of sp³-hybridized carbons (Fsp3) is 0.429. The van der Waals surface area contributed by atoms with Gasteiger partial charge in [-0.05, 0) is 38.2 Å². The molecule has 0 aromatic heterocycles. The van der Waals surface area contributed by atoms with Crippen molar-refractivity contribution in [3.8, 4) is 0 Å². The van der Waals surface area contributed by atoms with Gasteiger partial charge in [0.2, 0.25) is 15.9 Å². The SMILES string of the molecule is CNCCCC(=O)Nc1cccc(S(=O)(=O)NCC(=O)OC)c1. The summed E-state index contributed by atoms with van der Waals surface area (Å²) in [4.78, 5) is 22.7. The largest absolute Gasteiger partial charge is 0.468 e. The molecule has 0 aliphatic heterocycles. The quantitative estimate of drug-likeness (QED) is 0.432. The fourth-order valence-electron chi connectivity index (χ4n) is 1.70. The normalized spacial score (nSPS) is 11.0. The number of hydrogen-bond donors (Lipinski definition) is 3. The molecule has 1 aromatic rings. The summed E-state index contributed by atoms with van der Waals surface area (Å²) in [6.07, 6.45) is 1.01. The predicted molar refractivity (Wildman–Crippen MR) is 85.4 cm³/mol. The minimum Gasteiger partial charge on any atom is -0.468 e. The topological polar surface area (TPSA) is 114 Å². The van der Waals surface area contributed by atoms with E-state index in [1.54, 1.807) is 13.1 Å². The number of rotatable bonds is 9. The molecule has 8 nitrogen and oxygen atoms in total. The molecule has 0 atom stereocenters. The number of benzene rings is 1. The average Bonchev–Trinajstić information content (AvgIpc) is 2.53. The maximum atomic E-state index is 12.1. The minimum atomic E-state index is -3.86. The third-order valence-electron chi connectivity index (χ3n) is 2.89. The van der Waals surface area contributed by atoms with Crippen molar-refractivity contribution in [2.75, 3.05) is 32.6 Å². The van der Waals surface area contributed by atoms with E-state index in [1.807, 2.05) is 0 Å². The molecule has 1 aromatic carbocycles. The lowest BCUT2D eigenvalue weighted by molar-refractivity contribution is -0.139. The molecule has 0 heterocycles. The van der Waals surface area contributed by atoms with Gasteiger partial charge in [-0.2, -0.15) is 4.72 Å². The Labute approximate surface area is 135 Å². The Morgan fingerprint density at radius 3 is 2.65 bits per heavy atom. The van der Waals surface area contributed by atoms with E-state index >= 15 is 0 Å². The molecule has 0 aliphatic carbocycles. The third kappa shape index (κ3) is 6.76. The second-order valence-corrected chi connectivity index (χ2v) is 6.45. The van der Waals surface area contributed by atoms with Gasteiger partial charge >= 0.3 is 5.97 Å². The van der Waals surface area contributed by atoms with Crippen molar-refractivity contribution in [2.24, 2.45) is 0 Å². The summed E-state index contributed by atoms with van der Waals surface area (Å²) in [6, 6.07) is 5.80. The first-order valence-electron chi connectivity index (χ1n) is 7.00. The summed E-state index contributed by atoms with van der Waals surface area (Å²) in [5, 5.41) is 5.58. The molecule has 0 fully saturated rings. The summed E-state index contributed by atoms with van der Waals surface area (Å²) in [6.45, 7) is 0.263. The molecule has 128 valence electrons.